The number of rotatable bonds is 5. The van der Waals surface area contributed by atoms with E-state index in [1.54, 1.807) is 14.2 Å². The summed E-state index contributed by atoms with van der Waals surface area (Å²) in [6, 6.07) is 19.1. The SMILES string of the molecule is COc1cc2c(cc1OC)C(c1ccccc1)N(C(=O)c1ccc([N+](=O)[O-])cc1)CC2. The molecule has 0 fully saturated rings. The van der Waals surface area contributed by atoms with Crippen LogP contribution in [0.4, 0.5) is 5.69 Å². The molecular formula is C24H22N2O5. The fourth-order valence-corrected chi connectivity index (χ4v) is 4.05. The van der Waals surface area contributed by atoms with E-state index < -0.39 is 4.92 Å². The summed E-state index contributed by atoms with van der Waals surface area (Å²) in [5.41, 5.74) is 3.42. The summed E-state index contributed by atoms with van der Waals surface area (Å²) in [6.07, 6.45) is 0.664. The standard InChI is InChI=1S/C24H22N2O5/c1-30-21-14-18-12-13-25(24(27)17-8-10-19(11-9-17)26(28)29)23(16-6-4-3-5-7-16)20(18)15-22(21)31-2/h3-11,14-15,23H,12-13H2,1-2H3. The maximum Gasteiger partial charge on any atom is 0.269 e. The van der Waals surface area contributed by atoms with Crippen LogP contribution in [0.3, 0.4) is 0 Å². The Morgan fingerprint density at radius 1 is 1.00 bits per heavy atom. The molecule has 1 aliphatic rings. The van der Waals surface area contributed by atoms with E-state index in [-0.39, 0.29) is 17.6 Å². The monoisotopic (exact) mass is 418 g/mol. The number of ether oxygens (including phenoxy) is 2. The average Bonchev–Trinajstić information content (AvgIpc) is 2.82. The molecule has 0 aliphatic carbocycles. The number of methoxy groups -OCH3 is 2. The van der Waals surface area contributed by atoms with Gasteiger partial charge in [0.05, 0.1) is 25.2 Å². The van der Waals surface area contributed by atoms with Crippen molar-refractivity contribution >= 4 is 11.6 Å². The Balaban J connectivity index is 1.79. The van der Waals surface area contributed by atoms with E-state index in [1.807, 2.05) is 47.4 Å². The molecule has 31 heavy (non-hydrogen) atoms. The second-order valence-electron chi connectivity index (χ2n) is 7.27. The molecule has 7 nitrogen and oxygen atoms in total. The highest BCUT2D eigenvalue weighted by Gasteiger charge is 2.33. The Morgan fingerprint density at radius 2 is 1.65 bits per heavy atom. The van der Waals surface area contributed by atoms with Gasteiger partial charge in [-0.25, -0.2) is 0 Å². The largest absolute Gasteiger partial charge is 0.493 e. The molecular weight excluding hydrogens is 396 g/mol. The third kappa shape index (κ3) is 3.82. The summed E-state index contributed by atoms with van der Waals surface area (Å²) in [5.74, 6) is 1.08. The Hall–Kier alpha value is -3.87. The Kier molecular flexibility index (Phi) is 5.58. The second kappa shape index (κ2) is 8.47. The predicted molar refractivity (Wildman–Crippen MR) is 116 cm³/mol. The molecule has 1 aliphatic heterocycles. The normalized spacial score (nSPS) is 15.2. The van der Waals surface area contributed by atoms with Crippen molar-refractivity contribution in [3.63, 3.8) is 0 Å². The summed E-state index contributed by atoms with van der Waals surface area (Å²) in [6.45, 7) is 0.512. The van der Waals surface area contributed by atoms with Gasteiger partial charge in [-0.3, -0.25) is 14.9 Å². The van der Waals surface area contributed by atoms with Crippen LogP contribution in [0.15, 0.2) is 66.7 Å². The first-order valence-corrected chi connectivity index (χ1v) is 9.88. The Morgan fingerprint density at radius 3 is 2.26 bits per heavy atom. The molecule has 0 saturated heterocycles. The first-order valence-electron chi connectivity index (χ1n) is 9.88. The van der Waals surface area contributed by atoms with Gasteiger partial charge >= 0.3 is 0 Å². The van der Waals surface area contributed by atoms with Crippen molar-refractivity contribution in [1.82, 2.24) is 4.90 Å². The maximum absolute atomic E-state index is 13.5. The lowest BCUT2D eigenvalue weighted by atomic mass is 9.87. The van der Waals surface area contributed by atoms with Crippen molar-refractivity contribution in [3.8, 4) is 11.5 Å². The zero-order chi connectivity index (χ0) is 22.0. The zero-order valence-electron chi connectivity index (χ0n) is 17.3. The molecule has 1 amide bonds. The van der Waals surface area contributed by atoms with E-state index in [0.717, 1.165) is 16.7 Å². The lowest BCUT2D eigenvalue weighted by molar-refractivity contribution is -0.384. The highest BCUT2D eigenvalue weighted by atomic mass is 16.6. The topological polar surface area (TPSA) is 81.9 Å². The van der Waals surface area contributed by atoms with Crippen molar-refractivity contribution < 1.29 is 19.2 Å². The van der Waals surface area contributed by atoms with Crippen molar-refractivity contribution in [3.05, 3.63) is 99.1 Å². The van der Waals surface area contributed by atoms with Gasteiger partial charge in [-0.15, -0.1) is 0 Å². The van der Waals surface area contributed by atoms with E-state index >= 15 is 0 Å². The number of carbonyl (C=O) groups is 1. The van der Waals surface area contributed by atoms with Gasteiger partial charge in [0, 0.05) is 24.2 Å². The zero-order valence-corrected chi connectivity index (χ0v) is 17.3. The Bertz CT molecular complexity index is 1110. The average molecular weight is 418 g/mol. The van der Waals surface area contributed by atoms with Crippen LogP contribution in [-0.4, -0.2) is 36.5 Å². The molecule has 0 aromatic heterocycles. The van der Waals surface area contributed by atoms with Crippen LogP contribution in [-0.2, 0) is 6.42 Å². The van der Waals surface area contributed by atoms with Crippen molar-refractivity contribution in [2.24, 2.45) is 0 Å². The van der Waals surface area contributed by atoms with Gasteiger partial charge in [0.15, 0.2) is 11.5 Å². The minimum absolute atomic E-state index is 0.0445. The molecule has 0 radical (unpaired) electrons. The molecule has 0 spiro atoms. The van der Waals surface area contributed by atoms with E-state index in [4.69, 9.17) is 9.47 Å². The maximum atomic E-state index is 13.5. The smallest absolute Gasteiger partial charge is 0.269 e. The second-order valence-corrected chi connectivity index (χ2v) is 7.27. The summed E-state index contributed by atoms with van der Waals surface area (Å²) in [4.78, 5) is 25.7. The fraction of sp³-hybridized carbons (Fsp3) is 0.208. The number of nitro groups is 1. The number of nitro benzene ring substituents is 1. The van der Waals surface area contributed by atoms with Crippen LogP contribution in [0.25, 0.3) is 0 Å². The van der Waals surface area contributed by atoms with Gasteiger partial charge in [-0.1, -0.05) is 30.3 Å². The molecule has 158 valence electrons. The molecule has 1 atom stereocenters. The number of nitrogens with zero attached hydrogens (tertiary/aromatic N) is 2. The summed E-state index contributed by atoms with van der Waals surface area (Å²) in [5, 5.41) is 11.0. The fourth-order valence-electron chi connectivity index (χ4n) is 4.05. The number of hydrogen-bond donors (Lipinski definition) is 0. The van der Waals surface area contributed by atoms with Crippen LogP contribution < -0.4 is 9.47 Å². The molecule has 0 bridgehead atoms. The van der Waals surface area contributed by atoms with E-state index in [2.05, 4.69) is 0 Å². The number of amides is 1. The highest BCUT2D eigenvalue weighted by Crippen LogP contribution is 2.41. The number of carbonyl (C=O) groups excluding carboxylic acids is 1. The third-order valence-corrected chi connectivity index (χ3v) is 5.57. The number of fused-ring (bicyclic) bond motifs is 1. The van der Waals surface area contributed by atoms with Crippen molar-refractivity contribution in [1.29, 1.82) is 0 Å². The molecule has 1 heterocycles. The molecule has 3 aromatic rings. The third-order valence-electron chi connectivity index (χ3n) is 5.57. The molecule has 3 aromatic carbocycles. The first-order chi connectivity index (χ1) is 15.0. The molecule has 4 rings (SSSR count). The first kappa shape index (κ1) is 20.4. The van der Waals surface area contributed by atoms with E-state index in [9.17, 15) is 14.9 Å². The van der Waals surface area contributed by atoms with Gasteiger partial charge in [-0.05, 0) is 47.4 Å². The minimum Gasteiger partial charge on any atom is -0.493 e. The van der Waals surface area contributed by atoms with Gasteiger partial charge in [0.2, 0.25) is 0 Å². The van der Waals surface area contributed by atoms with Crippen molar-refractivity contribution in [2.45, 2.75) is 12.5 Å². The van der Waals surface area contributed by atoms with Crippen LogP contribution >= 0.6 is 0 Å². The van der Waals surface area contributed by atoms with Crippen LogP contribution in [0.5, 0.6) is 11.5 Å². The summed E-state index contributed by atoms with van der Waals surface area (Å²) < 4.78 is 11.0. The van der Waals surface area contributed by atoms with Crippen LogP contribution in [0.1, 0.15) is 33.1 Å². The molecule has 0 saturated carbocycles. The Labute approximate surface area is 180 Å². The molecule has 1 unspecified atom stereocenters. The van der Waals surface area contributed by atoms with Gasteiger partial charge in [-0.2, -0.15) is 0 Å². The quantitative estimate of drug-likeness (QED) is 0.453. The van der Waals surface area contributed by atoms with E-state index in [1.165, 1.54) is 24.3 Å². The highest BCUT2D eigenvalue weighted by molar-refractivity contribution is 5.95. The summed E-state index contributed by atoms with van der Waals surface area (Å²) >= 11 is 0. The predicted octanol–water partition coefficient (Wildman–Crippen LogP) is 4.40. The van der Waals surface area contributed by atoms with Crippen LogP contribution in [0.2, 0.25) is 0 Å². The van der Waals surface area contributed by atoms with Gasteiger partial charge in [0.1, 0.15) is 0 Å². The number of hydrogen-bond acceptors (Lipinski definition) is 5. The van der Waals surface area contributed by atoms with Crippen molar-refractivity contribution in [2.75, 3.05) is 20.8 Å². The molecule has 0 N–H and O–H groups in total. The van der Waals surface area contributed by atoms with Gasteiger partial charge in [0.25, 0.3) is 11.6 Å². The lowest BCUT2D eigenvalue weighted by Gasteiger charge is -2.38. The number of benzene rings is 3. The van der Waals surface area contributed by atoms with Crippen LogP contribution in [0, 0.1) is 10.1 Å². The van der Waals surface area contributed by atoms with Gasteiger partial charge < -0.3 is 14.4 Å². The lowest BCUT2D eigenvalue weighted by Crippen LogP contribution is -2.40. The number of non-ortho nitro benzene ring substituents is 1. The summed E-state index contributed by atoms with van der Waals surface area (Å²) in [7, 11) is 3.19. The molecule has 7 heteroatoms. The minimum atomic E-state index is -0.474. The van der Waals surface area contributed by atoms with E-state index in [0.29, 0.717) is 30.0 Å².